The standard InChI is InChI=1S/C7H6ClNO5S/c1-4-2-3-5(8)6(9(10)11)7(4)15(12,13)14/h2-3H,1H3,(H,12,13,14). The molecule has 0 saturated carbocycles. The van der Waals surface area contributed by atoms with Crippen LogP contribution in [-0.4, -0.2) is 17.9 Å². The van der Waals surface area contributed by atoms with Gasteiger partial charge in [-0.15, -0.1) is 0 Å². The van der Waals surface area contributed by atoms with Crippen molar-refractivity contribution in [3.63, 3.8) is 0 Å². The van der Waals surface area contributed by atoms with Crippen LogP contribution < -0.4 is 0 Å². The van der Waals surface area contributed by atoms with Gasteiger partial charge in [0.15, 0.2) is 4.90 Å². The minimum absolute atomic E-state index is 0.0635. The summed E-state index contributed by atoms with van der Waals surface area (Å²) < 4.78 is 30.7. The number of halogens is 1. The van der Waals surface area contributed by atoms with Crippen molar-refractivity contribution in [2.45, 2.75) is 11.8 Å². The van der Waals surface area contributed by atoms with Gasteiger partial charge < -0.3 is 0 Å². The Hall–Kier alpha value is -1.18. The maximum Gasteiger partial charge on any atom is 0.309 e. The Bertz CT molecular complexity index is 524. The Morgan fingerprint density at radius 2 is 2.00 bits per heavy atom. The average molecular weight is 252 g/mol. The van der Waals surface area contributed by atoms with Gasteiger partial charge in [-0.2, -0.15) is 8.42 Å². The van der Waals surface area contributed by atoms with Crippen LogP contribution in [0.25, 0.3) is 0 Å². The highest BCUT2D eigenvalue weighted by Gasteiger charge is 2.29. The molecule has 0 aromatic heterocycles. The van der Waals surface area contributed by atoms with Crippen molar-refractivity contribution in [2.24, 2.45) is 0 Å². The molecule has 0 aliphatic heterocycles. The molecule has 6 nitrogen and oxygen atoms in total. The van der Waals surface area contributed by atoms with Gasteiger partial charge in [0.1, 0.15) is 5.02 Å². The van der Waals surface area contributed by atoms with Gasteiger partial charge in [0.25, 0.3) is 0 Å². The Labute approximate surface area is 90.4 Å². The molecule has 0 radical (unpaired) electrons. The number of hydrogen-bond donors (Lipinski definition) is 1. The van der Waals surface area contributed by atoms with E-state index in [2.05, 4.69) is 0 Å². The lowest BCUT2D eigenvalue weighted by Gasteiger charge is -2.04. The number of benzene rings is 1. The lowest BCUT2D eigenvalue weighted by Crippen LogP contribution is -2.06. The molecular formula is C7H6ClNO5S. The smallest absolute Gasteiger partial charge is 0.282 e. The zero-order valence-electron chi connectivity index (χ0n) is 7.47. The maximum absolute atomic E-state index is 10.9. The molecule has 0 aliphatic carbocycles. The summed E-state index contributed by atoms with van der Waals surface area (Å²) in [5.41, 5.74) is -0.743. The van der Waals surface area contributed by atoms with Gasteiger partial charge in [0, 0.05) is 0 Å². The number of aryl methyl sites for hydroxylation is 1. The number of nitrogens with zero attached hydrogens (tertiary/aromatic N) is 1. The summed E-state index contributed by atoms with van der Waals surface area (Å²) in [6.45, 7) is 1.33. The summed E-state index contributed by atoms with van der Waals surface area (Å²) in [6, 6.07) is 2.47. The van der Waals surface area contributed by atoms with Gasteiger partial charge >= 0.3 is 15.8 Å². The Balaban J connectivity index is 3.76. The second-order valence-electron chi connectivity index (χ2n) is 2.77. The van der Waals surface area contributed by atoms with E-state index < -0.39 is 25.6 Å². The largest absolute Gasteiger partial charge is 0.309 e. The van der Waals surface area contributed by atoms with Crippen molar-refractivity contribution in [3.05, 3.63) is 32.8 Å². The Kier molecular flexibility index (Phi) is 2.98. The lowest BCUT2D eigenvalue weighted by atomic mass is 10.2. The highest BCUT2D eigenvalue weighted by atomic mass is 35.5. The Morgan fingerprint density at radius 1 is 1.47 bits per heavy atom. The van der Waals surface area contributed by atoms with Crippen LogP contribution in [0.3, 0.4) is 0 Å². The van der Waals surface area contributed by atoms with Crippen LogP contribution in [0.2, 0.25) is 5.02 Å². The van der Waals surface area contributed by atoms with Crippen molar-refractivity contribution in [1.29, 1.82) is 0 Å². The summed E-state index contributed by atoms with van der Waals surface area (Å²) >= 11 is 5.49. The first-order chi connectivity index (χ1) is 6.75. The number of rotatable bonds is 2. The van der Waals surface area contributed by atoms with Crippen LogP contribution >= 0.6 is 11.6 Å². The van der Waals surface area contributed by atoms with Crippen molar-refractivity contribution in [3.8, 4) is 0 Å². The highest BCUT2D eigenvalue weighted by molar-refractivity contribution is 7.86. The van der Waals surface area contributed by atoms with Crippen LogP contribution in [-0.2, 0) is 10.1 Å². The molecule has 0 amide bonds. The predicted molar refractivity (Wildman–Crippen MR) is 52.7 cm³/mol. The first-order valence-corrected chi connectivity index (χ1v) is 5.48. The van der Waals surface area contributed by atoms with E-state index in [-0.39, 0.29) is 10.6 Å². The molecule has 0 bridgehead atoms. The molecule has 82 valence electrons. The monoisotopic (exact) mass is 251 g/mol. The minimum atomic E-state index is -4.66. The van der Waals surface area contributed by atoms with E-state index in [4.69, 9.17) is 16.2 Å². The lowest BCUT2D eigenvalue weighted by molar-refractivity contribution is -0.387. The van der Waals surface area contributed by atoms with E-state index in [0.717, 1.165) is 0 Å². The quantitative estimate of drug-likeness (QED) is 0.491. The highest BCUT2D eigenvalue weighted by Crippen LogP contribution is 2.33. The number of nitro groups is 1. The van der Waals surface area contributed by atoms with Gasteiger partial charge in [0.05, 0.1) is 4.92 Å². The zero-order chi connectivity index (χ0) is 11.8. The SMILES string of the molecule is Cc1ccc(Cl)c([N+](=O)[O-])c1S(=O)(=O)O. The molecule has 0 saturated heterocycles. The first-order valence-electron chi connectivity index (χ1n) is 3.66. The molecule has 8 heteroatoms. The van der Waals surface area contributed by atoms with Crippen molar-refractivity contribution in [2.75, 3.05) is 0 Å². The topological polar surface area (TPSA) is 97.5 Å². The summed E-state index contributed by atoms with van der Waals surface area (Å²) in [5.74, 6) is 0. The van der Waals surface area contributed by atoms with E-state index in [9.17, 15) is 18.5 Å². The van der Waals surface area contributed by atoms with Crippen molar-refractivity contribution >= 4 is 27.4 Å². The van der Waals surface area contributed by atoms with Crippen molar-refractivity contribution in [1.82, 2.24) is 0 Å². The normalized spacial score (nSPS) is 11.4. The third-order valence-corrected chi connectivity index (χ3v) is 3.06. The van der Waals surface area contributed by atoms with Crippen LogP contribution in [0.1, 0.15) is 5.56 Å². The molecule has 1 aromatic rings. The van der Waals surface area contributed by atoms with Crippen LogP contribution in [0, 0.1) is 17.0 Å². The summed E-state index contributed by atoms with van der Waals surface area (Å²) in [7, 11) is -4.66. The van der Waals surface area contributed by atoms with E-state index >= 15 is 0 Å². The zero-order valence-corrected chi connectivity index (χ0v) is 9.04. The third kappa shape index (κ3) is 2.25. The fourth-order valence-corrected chi connectivity index (χ4v) is 2.33. The number of nitro benzene ring substituents is 1. The summed E-state index contributed by atoms with van der Waals surface area (Å²) in [6.07, 6.45) is 0. The van der Waals surface area contributed by atoms with E-state index in [1.807, 2.05) is 0 Å². The van der Waals surface area contributed by atoms with Crippen LogP contribution in [0.4, 0.5) is 5.69 Å². The van der Waals surface area contributed by atoms with Gasteiger partial charge in [-0.1, -0.05) is 17.7 Å². The molecule has 1 N–H and O–H groups in total. The molecule has 0 unspecified atom stereocenters. The van der Waals surface area contributed by atoms with Crippen LogP contribution in [0.15, 0.2) is 17.0 Å². The predicted octanol–water partition coefficient (Wildman–Crippen LogP) is 1.80. The fourth-order valence-electron chi connectivity index (χ4n) is 1.14. The molecule has 1 aromatic carbocycles. The second-order valence-corrected chi connectivity index (χ2v) is 4.54. The van der Waals surface area contributed by atoms with E-state index in [1.165, 1.54) is 19.1 Å². The molecule has 15 heavy (non-hydrogen) atoms. The molecule has 0 fully saturated rings. The molecule has 0 spiro atoms. The van der Waals surface area contributed by atoms with Gasteiger partial charge in [0.2, 0.25) is 0 Å². The minimum Gasteiger partial charge on any atom is -0.282 e. The van der Waals surface area contributed by atoms with Gasteiger partial charge in [-0.25, -0.2) is 0 Å². The van der Waals surface area contributed by atoms with Gasteiger partial charge in [-0.05, 0) is 18.6 Å². The van der Waals surface area contributed by atoms with Crippen LogP contribution in [0.5, 0.6) is 0 Å². The summed E-state index contributed by atoms with van der Waals surface area (Å²) in [4.78, 5) is 8.88. The second kappa shape index (κ2) is 3.76. The molecule has 0 aliphatic rings. The van der Waals surface area contributed by atoms with Gasteiger partial charge in [-0.3, -0.25) is 14.7 Å². The van der Waals surface area contributed by atoms with Crippen molar-refractivity contribution < 1.29 is 17.9 Å². The first kappa shape index (κ1) is 11.9. The maximum atomic E-state index is 10.9. The fraction of sp³-hybridized carbons (Fsp3) is 0.143. The number of hydrogen-bond acceptors (Lipinski definition) is 4. The average Bonchev–Trinajstić information content (AvgIpc) is 2.05. The molecule has 0 heterocycles. The Morgan fingerprint density at radius 3 is 2.33 bits per heavy atom. The molecule has 1 rings (SSSR count). The molecular weight excluding hydrogens is 246 g/mol. The van der Waals surface area contributed by atoms with E-state index in [1.54, 1.807) is 0 Å². The van der Waals surface area contributed by atoms with E-state index in [0.29, 0.717) is 0 Å². The third-order valence-electron chi connectivity index (χ3n) is 1.72. The molecule has 0 atom stereocenters. The summed E-state index contributed by atoms with van der Waals surface area (Å²) in [5, 5.41) is 10.3.